The summed E-state index contributed by atoms with van der Waals surface area (Å²) in [5, 5.41) is 4.25. The molecule has 0 aliphatic carbocycles. The summed E-state index contributed by atoms with van der Waals surface area (Å²) in [6.07, 6.45) is 0. The van der Waals surface area contributed by atoms with E-state index in [-0.39, 0.29) is 5.41 Å². The Kier molecular flexibility index (Phi) is 2.05. The molecule has 0 fully saturated rings. The van der Waals surface area contributed by atoms with Crippen molar-refractivity contribution in [3.05, 3.63) is 34.2 Å². The maximum absolute atomic E-state index is 11.3. The maximum Gasteiger partial charge on any atom is 0.194 e. The molecule has 0 spiro atoms. The van der Waals surface area contributed by atoms with E-state index in [4.69, 9.17) is 0 Å². The van der Waals surface area contributed by atoms with Crippen molar-refractivity contribution in [3.63, 3.8) is 0 Å². The predicted octanol–water partition coefficient (Wildman–Crippen LogP) is 0.889. The van der Waals surface area contributed by atoms with Gasteiger partial charge in [-0.25, -0.2) is 8.42 Å². The number of hydrogen-bond donors (Lipinski definition) is 0. The predicted molar refractivity (Wildman–Crippen MR) is 62.2 cm³/mol. The highest BCUT2D eigenvalue weighted by Gasteiger charge is 2.15. The van der Waals surface area contributed by atoms with Crippen molar-refractivity contribution in [2.75, 3.05) is 0 Å². The topological polar surface area (TPSA) is 34.1 Å². The fraction of sp³-hybridized carbons (Fsp3) is 0.333. The lowest BCUT2D eigenvalue weighted by atomic mass is 9.87. The maximum atomic E-state index is 11.3. The van der Waals surface area contributed by atoms with Crippen LogP contribution in [0.15, 0.2) is 18.2 Å². The zero-order valence-corrected chi connectivity index (χ0v) is 9.93. The molecule has 0 atom stereocenters. The molecule has 0 radical (unpaired) electrons. The average Bonchev–Trinajstić information content (AvgIpc) is 2.34. The second-order valence-corrected chi connectivity index (χ2v) is 6.57. The van der Waals surface area contributed by atoms with Crippen molar-refractivity contribution in [2.45, 2.75) is 26.2 Å². The molecule has 80 valence electrons. The minimum absolute atomic E-state index is 0.0508. The van der Waals surface area contributed by atoms with E-state index < -0.39 is 9.84 Å². The van der Waals surface area contributed by atoms with Gasteiger partial charge in [-0.2, -0.15) is 0 Å². The highest BCUT2D eigenvalue weighted by molar-refractivity contribution is 8.06. The van der Waals surface area contributed by atoms with E-state index in [0.29, 0.717) is 0 Å². The summed E-state index contributed by atoms with van der Waals surface area (Å²) in [4.78, 5) is 0. The summed E-state index contributed by atoms with van der Waals surface area (Å²) < 4.78 is 22.7. The zero-order valence-electron chi connectivity index (χ0n) is 9.11. The first kappa shape index (κ1) is 10.4. The SMILES string of the molecule is CC(C)(C)c1ccc2c(c1)=CS(=O)(=O)C=2. The van der Waals surface area contributed by atoms with Gasteiger partial charge in [0.05, 0.1) is 0 Å². The van der Waals surface area contributed by atoms with Crippen molar-refractivity contribution in [2.24, 2.45) is 0 Å². The van der Waals surface area contributed by atoms with Gasteiger partial charge in [-0.15, -0.1) is 0 Å². The van der Waals surface area contributed by atoms with Gasteiger partial charge in [0.25, 0.3) is 0 Å². The van der Waals surface area contributed by atoms with Gasteiger partial charge in [0.15, 0.2) is 9.84 Å². The van der Waals surface area contributed by atoms with Crippen LogP contribution in [0.4, 0.5) is 0 Å². The zero-order chi connectivity index (χ0) is 11.3. The van der Waals surface area contributed by atoms with Crippen LogP contribution >= 0.6 is 0 Å². The number of benzene rings is 1. The summed E-state index contributed by atoms with van der Waals surface area (Å²) in [6.45, 7) is 6.34. The van der Waals surface area contributed by atoms with Gasteiger partial charge < -0.3 is 0 Å². The van der Waals surface area contributed by atoms with Crippen LogP contribution in [0.2, 0.25) is 0 Å². The van der Waals surface area contributed by atoms with Crippen molar-refractivity contribution in [1.29, 1.82) is 0 Å². The van der Waals surface area contributed by atoms with Crippen LogP contribution in [0.5, 0.6) is 0 Å². The molecule has 0 unspecified atom stereocenters. The van der Waals surface area contributed by atoms with E-state index in [1.807, 2.05) is 18.2 Å². The van der Waals surface area contributed by atoms with E-state index in [9.17, 15) is 8.42 Å². The van der Waals surface area contributed by atoms with E-state index in [2.05, 4.69) is 20.8 Å². The fourth-order valence-corrected chi connectivity index (χ4v) is 2.83. The van der Waals surface area contributed by atoms with Crippen LogP contribution in [-0.4, -0.2) is 8.42 Å². The van der Waals surface area contributed by atoms with Crippen molar-refractivity contribution in [1.82, 2.24) is 0 Å². The standard InChI is InChI=1S/C12H14O2S/c1-12(2,3)11-5-4-9-7-15(13,14)8-10(9)6-11/h4-8H,1-3H3. The van der Waals surface area contributed by atoms with Crippen molar-refractivity contribution in [3.8, 4) is 0 Å². The first-order valence-electron chi connectivity index (χ1n) is 4.87. The number of rotatable bonds is 0. The smallest absolute Gasteiger partial charge is 0.194 e. The lowest BCUT2D eigenvalue weighted by Crippen LogP contribution is -2.24. The molecule has 0 saturated heterocycles. The molecule has 0 saturated carbocycles. The molecule has 1 aliphatic rings. The molecule has 0 N–H and O–H groups in total. The normalized spacial score (nSPS) is 17.8. The lowest BCUT2D eigenvalue weighted by Gasteiger charge is -2.18. The average molecular weight is 222 g/mol. The van der Waals surface area contributed by atoms with Gasteiger partial charge in [-0.3, -0.25) is 0 Å². The second kappa shape index (κ2) is 2.95. The Morgan fingerprint density at radius 3 is 2.20 bits per heavy atom. The third kappa shape index (κ3) is 1.97. The quantitative estimate of drug-likeness (QED) is 0.653. The molecule has 1 aromatic rings. The third-order valence-corrected chi connectivity index (χ3v) is 3.70. The Labute approximate surface area is 89.9 Å². The molecule has 1 aliphatic heterocycles. The largest absolute Gasteiger partial charge is 0.220 e. The number of hydrogen-bond acceptors (Lipinski definition) is 2. The van der Waals surface area contributed by atoms with Crippen LogP contribution in [-0.2, 0) is 15.3 Å². The van der Waals surface area contributed by atoms with Gasteiger partial charge in [0.2, 0.25) is 0 Å². The van der Waals surface area contributed by atoms with Crippen LogP contribution in [0.3, 0.4) is 0 Å². The van der Waals surface area contributed by atoms with Gasteiger partial charge in [-0.05, 0) is 27.5 Å². The molecule has 1 aromatic carbocycles. The Morgan fingerprint density at radius 2 is 1.60 bits per heavy atom. The van der Waals surface area contributed by atoms with Crippen LogP contribution in [0.1, 0.15) is 26.3 Å². The molecule has 0 bridgehead atoms. The lowest BCUT2D eigenvalue weighted by molar-refractivity contribution is 0.589. The van der Waals surface area contributed by atoms with Crippen LogP contribution < -0.4 is 10.4 Å². The van der Waals surface area contributed by atoms with Gasteiger partial charge in [0.1, 0.15) is 0 Å². The summed E-state index contributed by atoms with van der Waals surface area (Å²) in [5.41, 5.74) is 1.21. The minimum atomic E-state index is -3.12. The van der Waals surface area contributed by atoms with E-state index in [1.54, 1.807) is 0 Å². The fourth-order valence-electron chi connectivity index (χ4n) is 1.64. The Hall–Kier alpha value is -1.09. The first-order chi connectivity index (χ1) is 6.78. The summed E-state index contributed by atoms with van der Waals surface area (Å²) in [6, 6.07) is 5.82. The third-order valence-electron chi connectivity index (χ3n) is 2.54. The van der Waals surface area contributed by atoms with Crippen LogP contribution in [0, 0.1) is 0 Å². The second-order valence-electron chi connectivity index (χ2n) is 4.92. The molecule has 3 heteroatoms. The van der Waals surface area contributed by atoms with Crippen molar-refractivity contribution >= 4 is 20.7 Å². The Balaban J connectivity index is 2.74. The molecule has 0 aromatic heterocycles. The highest BCUT2D eigenvalue weighted by Crippen LogP contribution is 2.19. The van der Waals surface area contributed by atoms with E-state index in [1.165, 1.54) is 10.8 Å². The summed E-state index contributed by atoms with van der Waals surface area (Å²) >= 11 is 0. The summed E-state index contributed by atoms with van der Waals surface area (Å²) in [5.74, 6) is 0. The van der Waals surface area contributed by atoms with Gasteiger partial charge >= 0.3 is 0 Å². The molecule has 1 heterocycles. The number of fused-ring (bicyclic) bond motifs is 1. The van der Waals surface area contributed by atoms with E-state index >= 15 is 0 Å². The van der Waals surface area contributed by atoms with E-state index in [0.717, 1.165) is 16.0 Å². The van der Waals surface area contributed by atoms with Gasteiger partial charge in [0, 0.05) is 10.8 Å². The Bertz CT molecular complexity index is 617. The van der Waals surface area contributed by atoms with Crippen molar-refractivity contribution < 1.29 is 8.42 Å². The molecule has 15 heavy (non-hydrogen) atoms. The highest BCUT2D eigenvalue weighted by atomic mass is 32.2. The monoisotopic (exact) mass is 222 g/mol. The summed E-state index contributed by atoms with van der Waals surface area (Å²) in [7, 11) is -3.12. The molecule has 2 rings (SSSR count). The first-order valence-corrected chi connectivity index (χ1v) is 6.48. The Morgan fingerprint density at radius 1 is 1.00 bits per heavy atom. The number of sulfone groups is 1. The molecule has 0 amide bonds. The van der Waals surface area contributed by atoms with Crippen LogP contribution in [0.25, 0.3) is 10.8 Å². The molecule has 2 nitrogen and oxygen atoms in total. The molecular weight excluding hydrogens is 208 g/mol. The minimum Gasteiger partial charge on any atom is -0.220 e. The molecular formula is C12H14O2S. The van der Waals surface area contributed by atoms with Gasteiger partial charge in [-0.1, -0.05) is 32.9 Å².